The number of rotatable bonds is 5. The van der Waals surface area contributed by atoms with Gasteiger partial charge in [0.2, 0.25) is 0 Å². The molecule has 0 aromatic heterocycles. The molecule has 2 aromatic rings. The van der Waals surface area contributed by atoms with E-state index in [0.29, 0.717) is 12.6 Å². The number of benzene rings is 2. The topological polar surface area (TPSA) is 38.5 Å². The Kier molecular flexibility index (Phi) is 5.31. The SMILES string of the molecule is Cc1cccc(COc2cccc(CN3CCC(N)CC3)c2)c1. The highest BCUT2D eigenvalue weighted by Gasteiger charge is 2.16. The minimum atomic E-state index is 0.384. The largest absolute Gasteiger partial charge is 0.489 e. The van der Waals surface area contributed by atoms with E-state index >= 15 is 0 Å². The van der Waals surface area contributed by atoms with Crippen LogP contribution in [0.2, 0.25) is 0 Å². The van der Waals surface area contributed by atoms with Crippen LogP contribution in [0.1, 0.15) is 29.5 Å². The Bertz CT molecular complexity index is 633. The number of piperidine rings is 1. The van der Waals surface area contributed by atoms with Crippen molar-refractivity contribution in [3.05, 3.63) is 65.2 Å². The van der Waals surface area contributed by atoms with Gasteiger partial charge in [-0.3, -0.25) is 4.90 Å². The van der Waals surface area contributed by atoms with Crippen molar-refractivity contribution in [1.82, 2.24) is 4.90 Å². The average Bonchev–Trinajstić information content (AvgIpc) is 2.56. The summed E-state index contributed by atoms with van der Waals surface area (Å²) in [5, 5.41) is 0. The molecule has 122 valence electrons. The molecule has 1 saturated heterocycles. The first-order valence-corrected chi connectivity index (χ1v) is 8.44. The Morgan fingerprint density at radius 2 is 1.78 bits per heavy atom. The van der Waals surface area contributed by atoms with Crippen LogP contribution in [-0.2, 0) is 13.2 Å². The van der Waals surface area contributed by atoms with Gasteiger partial charge in [0.05, 0.1) is 0 Å². The zero-order valence-electron chi connectivity index (χ0n) is 13.9. The van der Waals surface area contributed by atoms with Gasteiger partial charge >= 0.3 is 0 Å². The highest BCUT2D eigenvalue weighted by Crippen LogP contribution is 2.18. The monoisotopic (exact) mass is 310 g/mol. The van der Waals surface area contributed by atoms with Crippen LogP contribution < -0.4 is 10.5 Å². The second-order valence-electron chi connectivity index (χ2n) is 6.54. The Morgan fingerprint density at radius 1 is 1.04 bits per heavy atom. The zero-order chi connectivity index (χ0) is 16.1. The van der Waals surface area contributed by atoms with Crippen molar-refractivity contribution in [1.29, 1.82) is 0 Å². The van der Waals surface area contributed by atoms with E-state index in [4.69, 9.17) is 10.5 Å². The molecule has 1 aliphatic rings. The molecule has 1 heterocycles. The van der Waals surface area contributed by atoms with E-state index in [1.807, 2.05) is 6.07 Å². The maximum atomic E-state index is 5.97. The van der Waals surface area contributed by atoms with E-state index in [2.05, 4.69) is 54.3 Å². The number of nitrogens with two attached hydrogens (primary N) is 1. The van der Waals surface area contributed by atoms with Gasteiger partial charge in [-0.05, 0) is 56.1 Å². The predicted octanol–water partition coefficient (Wildman–Crippen LogP) is 3.50. The third-order valence-electron chi connectivity index (χ3n) is 4.42. The molecule has 1 fully saturated rings. The van der Waals surface area contributed by atoms with Crippen molar-refractivity contribution in [3.8, 4) is 5.75 Å². The third-order valence-corrected chi connectivity index (χ3v) is 4.42. The van der Waals surface area contributed by atoms with E-state index in [-0.39, 0.29) is 0 Å². The van der Waals surface area contributed by atoms with Crippen molar-refractivity contribution in [2.24, 2.45) is 5.73 Å². The summed E-state index contributed by atoms with van der Waals surface area (Å²) in [6.07, 6.45) is 2.20. The van der Waals surface area contributed by atoms with Gasteiger partial charge in [-0.15, -0.1) is 0 Å². The van der Waals surface area contributed by atoms with Gasteiger partial charge in [0.25, 0.3) is 0 Å². The first-order valence-electron chi connectivity index (χ1n) is 8.44. The summed E-state index contributed by atoms with van der Waals surface area (Å²) in [6, 6.07) is 17.3. The minimum absolute atomic E-state index is 0.384. The van der Waals surface area contributed by atoms with Crippen LogP contribution in [0.15, 0.2) is 48.5 Å². The number of hydrogen-bond donors (Lipinski definition) is 1. The van der Waals surface area contributed by atoms with Gasteiger partial charge < -0.3 is 10.5 Å². The van der Waals surface area contributed by atoms with Crippen molar-refractivity contribution >= 4 is 0 Å². The van der Waals surface area contributed by atoms with E-state index in [0.717, 1.165) is 38.2 Å². The fourth-order valence-electron chi connectivity index (χ4n) is 3.07. The lowest BCUT2D eigenvalue weighted by Crippen LogP contribution is -2.39. The highest BCUT2D eigenvalue weighted by molar-refractivity contribution is 5.29. The van der Waals surface area contributed by atoms with Gasteiger partial charge in [0.15, 0.2) is 0 Å². The summed E-state index contributed by atoms with van der Waals surface area (Å²) in [4.78, 5) is 2.48. The Hall–Kier alpha value is -1.84. The molecule has 3 rings (SSSR count). The predicted molar refractivity (Wildman–Crippen MR) is 94.4 cm³/mol. The fourth-order valence-corrected chi connectivity index (χ4v) is 3.07. The van der Waals surface area contributed by atoms with Crippen molar-refractivity contribution in [2.45, 2.75) is 39.0 Å². The maximum absolute atomic E-state index is 5.97. The third kappa shape index (κ3) is 4.81. The second kappa shape index (κ2) is 7.62. The normalized spacial score (nSPS) is 16.4. The van der Waals surface area contributed by atoms with E-state index in [9.17, 15) is 0 Å². The summed E-state index contributed by atoms with van der Waals surface area (Å²) in [5.74, 6) is 0.942. The Balaban J connectivity index is 1.56. The molecule has 2 aromatic carbocycles. The van der Waals surface area contributed by atoms with E-state index < -0.39 is 0 Å². The first kappa shape index (κ1) is 16.0. The number of nitrogens with zero attached hydrogens (tertiary/aromatic N) is 1. The van der Waals surface area contributed by atoms with Gasteiger partial charge in [-0.1, -0.05) is 42.0 Å². The highest BCUT2D eigenvalue weighted by atomic mass is 16.5. The van der Waals surface area contributed by atoms with Gasteiger partial charge in [-0.2, -0.15) is 0 Å². The molecule has 0 amide bonds. The summed E-state index contributed by atoms with van der Waals surface area (Å²) in [6.45, 7) is 5.89. The number of likely N-dealkylation sites (tertiary alicyclic amines) is 1. The lowest BCUT2D eigenvalue weighted by molar-refractivity contribution is 0.205. The quantitative estimate of drug-likeness (QED) is 0.918. The maximum Gasteiger partial charge on any atom is 0.120 e. The number of ether oxygens (including phenoxy) is 1. The lowest BCUT2D eigenvalue weighted by Gasteiger charge is -2.30. The summed E-state index contributed by atoms with van der Waals surface area (Å²) in [5.41, 5.74) is 9.76. The summed E-state index contributed by atoms with van der Waals surface area (Å²) in [7, 11) is 0. The van der Waals surface area contributed by atoms with Crippen LogP contribution in [0.5, 0.6) is 5.75 Å². The van der Waals surface area contributed by atoms with Crippen LogP contribution in [0.25, 0.3) is 0 Å². The summed E-state index contributed by atoms with van der Waals surface area (Å²) < 4.78 is 5.96. The average molecular weight is 310 g/mol. The van der Waals surface area contributed by atoms with Crippen LogP contribution in [-0.4, -0.2) is 24.0 Å². The molecular weight excluding hydrogens is 284 g/mol. The number of aryl methyl sites for hydroxylation is 1. The van der Waals surface area contributed by atoms with Crippen LogP contribution >= 0.6 is 0 Å². The molecule has 0 saturated carbocycles. The fraction of sp³-hybridized carbons (Fsp3) is 0.400. The molecule has 0 aliphatic carbocycles. The summed E-state index contributed by atoms with van der Waals surface area (Å²) >= 11 is 0. The molecule has 0 bridgehead atoms. The molecule has 3 nitrogen and oxygen atoms in total. The molecular formula is C20H26N2O. The van der Waals surface area contributed by atoms with Gasteiger partial charge in [0, 0.05) is 12.6 Å². The molecule has 2 N–H and O–H groups in total. The van der Waals surface area contributed by atoms with Crippen LogP contribution in [0.3, 0.4) is 0 Å². The van der Waals surface area contributed by atoms with Gasteiger partial charge in [-0.25, -0.2) is 0 Å². The van der Waals surface area contributed by atoms with E-state index in [1.54, 1.807) is 0 Å². The number of hydrogen-bond acceptors (Lipinski definition) is 3. The van der Waals surface area contributed by atoms with Crippen molar-refractivity contribution < 1.29 is 4.74 Å². The zero-order valence-corrected chi connectivity index (χ0v) is 13.9. The molecule has 0 radical (unpaired) electrons. The van der Waals surface area contributed by atoms with E-state index in [1.165, 1.54) is 16.7 Å². The Morgan fingerprint density at radius 3 is 2.57 bits per heavy atom. The molecule has 23 heavy (non-hydrogen) atoms. The second-order valence-corrected chi connectivity index (χ2v) is 6.54. The molecule has 1 aliphatic heterocycles. The molecule has 0 unspecified atom stereocenters. The molecule has 3 heteroatoms. The van der Waals surface area contributed by atoms with Gasteiger partial charge in [0.1, 0.15) is 12.4 Å². The smallest absolute Gasteiger partial charge is 0.120 e. The Labute approximate surface area is 139 Å². The molecule has 0 spiro atoms. The molecule has 0 atom stereocenters. The van der Waals surface area contributed by atoms with Crippen molar-refractivity contribution in [3.63, 3.8) is 0 Å². The standard InChI is InChI=1S/C20H26N2O/c1-16-4-2-6-18(12-16)15-23-20-7-3-5-17(13-20)14-22-10-8-19(21)9-11-22/h2-7,12-13,19H,8-11,14-15,21H2,1H3. The minimum Gasteiger partial charge on any atom is -0.489 e. The lowest BCUT2D eigenvalue weighted by atomic mass is 10.1. The van der Waals surface area contributed by atoms with Crippen LogP contribution in [0.4, 0.5) is 0 Å². The van der Waals surface area contributed by atoms with Crippen LogP contribution in [0, 0.1) is 6.92 Å². The first-order chi connectivity index (χ1) is 11.2. The van der Waals surface area contributed by atoms with Crippen molar-refractivity contribution in [2.75, 3.05) is 13.1 Å².